The molecule has 1 aromatic carbocycles. The fourth-order valence-corrected chi connectivity index (χ4v) is 1.92. The monoisotopic (exact) mass is 275 g/mol. The zero-order valence-electron chi connectivity index (χ0n) is 11.2. The second kappa shape index (κ2) is 5.90. The topological polar surface area (TPSA) is 82.7 Å². The van der Waals surface area contributed by atoms with Crippen LogP contribution in [0.15, 0.2) is 47.1 Å². The molecule has 0 aliphatic heterocycles. The molecule has 0 spiro atoms. The van der Waals surface area contributed by atoms with Crippen molar-refractivity contribution in [2.75, 3.05) is 6.61 Å². The van der Waals surface area contributed by atoms with E-state index in [4.69, 9.17) is 9.52 Å². The minimum absolute atomic E-state index is 0.0799. The van der Waals surface area contributed by atoms with E-state index in [1.807, 2.05) is 37.3 Å². The second-order valence-corrected chi connectivity index (χ2v) is 4.82. The van der Waals surface area contributed by atoms with E-state index >= 15 is 0 Å². The summed E-state index contributed by atoms with van der Waals surface area (Å²) >= 11 is 0. The van der Waals surface area contributed by atoms with Gasteiger partial charge >= 0.3 is 5.97 Å². The van der Waals surface area contributed by atoms with Crippen LogP contribution in [0.25, 0.3) is 0 Å². The Labute approximate surface area is 116 Å². The van der Waals surface area contributed by atoms with Gasteiger partial charge in [0.15, 0.2) is 0 Å². The molecule has 1 heterocycles. The fourth-order valence-electron chi connectivity index (χ4n) is 1.92. The number of hydrogen-bond donors (Lipinski definition) is 3. The van der Waals surface area contributed by atoms with E-state index in [0.29, 0.717) is 12.3 Å². The summed E-state index contributed by atoms with van der Waals surface area (Å²) in [7, 11) is 0. The van der Waals surface area contributed by atoms with Crippen LogP contribution in [0, 0.1) is 0 Å². The average molecular weight is 275 g/mol. The third-order valence-corrected chi connectivity index (χ3v) is 3.28. The van der Waals surface area contributed by atoms with Crippen molar-refractivity contribution in [3.8, 4) is 0 Å². The highest BCUT2D eigenvalue weighted by molar-refractivity contribution is 5.87. The van der Waals surface area contributed by atoms with Crippen molar-refractivity contribution >= 4 is 5.97 Å². The van der Waals surface area contributed by atoms with Gasteiger partial charge in [-0.1, -0.05) is 30.3 Å². The Kier molecular flexibility index (Phi) is 4.22. The molecule has 0 aliphatic rings. The lowest BCUT2D eigenvalue weighted by molar-refractivity contribution is 0.0696. The smallest absolute Gasteiger partial charge is 0.338 e. The first-order chi connectivity index (χ1) is 9.55. The normalized spacial score (nSPS) is 13.9. The summed E-state index contributed by atoms with van der Waals surface area (Å²) in [5.74, 6) is -0.508. The van der Waals surface area contributed by atoms with E-state index in [2.05, 4.69) is 5.32 Å². The summed E-state index contributed by atoms with van der Waals surface area (Å²) in [6.07, 6.45) is 1.21. The van der Waals surface area contributed by atoms with Gasteiger partial charge in [-0.2, -0.15) is 0 Å². The largest absolute Gasteiger partial charge is 0.478 e. The molecule has 5 heteroatoms. The van der Waals surface area contributed by atoms with Crippen molar-refractivity contribution in [3.63, 3.8) is 0 Å². The number of hydrogen-bond acceptors (Lipinski definition) is 4. The summed E-state index contributed by atoms with van der Waals surface area (Å²) < 4.78 is 5.18. The third kappa shape index (κ3) is 3.07. The Balaban J connectivity index is 2.08. The summed E-state index contributed by atoms with van der Waals surface area (Å²) in [6, 6.07) is 11.0. The zero-order valence-corrected chi connectivity index (χ0v) is 11.2. The van der Waals surface area contributed by atoms with Gasteiger partial charge in [0.2, 0.25) is 0 Å². The molecule has 0 aliphatic carbocycles. The Morgan fingerprint density at radius 1 is 1.35 bits per heavy atom. The highest BCUT2D eigenvalue weighted by Gasteiger charge is 2.25. The molecule has 1 atom stereocenters. The Morgan fingerprint density at radius 3 is 2.60 bits per heavy atom. The van der Waals surface area contributed by atoms with Gasteiger partial charge in [0.1, 0.15) is 12.0 Å². The van der Waals surface area contributed by atoms with Gasteiger partial charge in [-0.3, -0.25) is 5.32 Å². The van der Waals surface area contributed by atoms with Crippen LogP contribution in [0.3, 0.4) is 0 Å². The van der Waals surface area contributed by atoms with Crippen LogP contribution in [0.4, 0.5) is 0 Å². The molecule has 20 heavy (non-hydrogen) atoms. The van der Waals surface area contributed by atoms with Crippen LogP contribution < -0.4 is 5.32 Å². The molecule has 0 amide bonds. The number of aliphatic hydroxyl groups excluding tert-OH is 1. The molecule has 106 valence electrons. The van der Waals surface area contributed by atoms with Crippen LogP contribution in [-0.4, -0.2) is 22.8 Å². The van der Waals surface area contributed by atoms with E-state index in [-0.39, 0.29) is 12.2 Å². The standard InChI is InChI=1S/C15H17NO4/c1-15(10-17,12-5-3-2-4-6-12)16-8-13-7-11(9-20-13)14(18)19/h2-7,9,16-17H,8,10H2,1H3,(H,18,19). The molecule has 5 nitrogen and oxygen atoms in total. The van der Waals surface area contributed by atoms with Crippen LogP contribution >= 0.6 is 0 Å². The first kappa shape index (κ1) is 14.3. The van der Waals surface area contributed by atoms with Gasteiger partial charge in [0.25, 0.3) is 0 Å². The maximum Gasteiger partial charge on any atom is 0.338 e. The van der Waals surface area contributed by atoms with E-state index in [1.165, 1.54) is 12.3 Å². The predicted octanol–water partition coefficient (Wildman–Crippen LogP) is 1.98. The van der Waals surface area contributed by atoms with Crippen molar-refractivity contribution in [1.29, 1.82) is 0 Å². The van der Waals surface area contributed by atoms with Crippen molar-refractivity contribution < 1.29 is 19.4 Å². The molecule has 0 saturated carbocycles. The average Bonchev–Trinajstić information content (AvgIpc) is 2.95. The Bertz CT molecular complexity index is 579. The first-order valence-corrected chi connectivity index (χ1v) is 6.27. The summed E-state index contributed by atoms with van der Waals surface area (Å²) in [5, 5.41) is 21.6. The second-order valence-electron chi connectivity index (χ2n) is 4.82. The number of aliphatic hydroxyl groups is 1. The van der Waals surface area contributed by atoms with Gasteiger partial charge < -0.3 is 14.6 Å². The molecular weight excluding hydrogens is 258 g/mol. The predicted molar refractivity (Wildman–Crippen MR) is 73.4 cm³/mol. The number of benzene rings is 1. The number of nitrogens with one attached hydrogen (secondary N) is 1. The molecule has 2 aromatic rings. The Hall–Kier alpha value is -2.11. The molecule has 0 saturated heterocycles. The van der Waals surface area contributed by atoms with E-state index in [0.717, 1.165) is 5.56 Å². The SMILES string of the molecule is CC(CO)(NCc1cc(C(=O)O)co1)c1ccccc1. The summed E-state index contributed by atoms with van der Waals surface area (Å²) in [5.41, 5.74) is 0.456. The van der Waals surface area contributed by atoms with Crippen LogP contribution in [0.2, 0.25) is 0 Å². The van der Waals surface area contributed by atoms with Crippen LogP contribution in [-0.2, 0) is 12.1 Å². The molecule has 0 fully saturated rings. The minimum Gasteiger partial charge on any atom is -0.478 e. The number of carboxylic acid groups (broad SMARTS) is 1. The van der Waals surface area contributed by atoms with Crippen molar-refractivity contribution in [2.24, 2.45) is 0 Å². The summed E-state index contributed by atoms with van der Waals surface area (Å²) in [4.78, 5) is 10.8. The Morgan fingerprint density at radius 2 is 2.05 bits per heavy atom. The number of carbonyl (C=O) groups is 1. The van der Waals surface area contributed by atoms with Crippen LogP contribution in [0.1, 0.15) is 28.6 Å². The molecule has 0 bridgehead atoms. The van der Waals surface area contributed by atoms with Gasteiger partial charge in [0, 0.05) is 0 Å². The van der Waals surface area contributed by atoms with Gasteiger partial charge in [-0.05, 0) is 18.6 Å². The number of rotatable bonds is 6. The van der Waals surface area contributed by atoms with E-state index < -0.39 is 11.5 Å². The lowest BCUT2D eigenvalue weighted by atomic mass is 9.93. The van der Waals surface area contributed by atoms with E-state index in [1.54, 1.807) is 0 Å². The molecule has 2 rings (SSSR count). The molecule has 0 radical (unpaired) electrons. The number of carboxylic acids is 1. The maximum atomic E-state index is 10.8. The molecule has 3 N–H and O–H groups in total. The van der Waals surface area contributed by atoms with Gasteiger partial charge in [0.05, 0.1) is 24.3 Å². The van der Waals surface area contributed by atoms with Gasteiger partial charge in [-0.25, -0.2) is 4.79 Å². The first-order valence-electron chi connectivity index (χ1n) is 6.27. The van der Waals surface area contributed by atoms with Crippen LogP contribution in [0.5, 0.6) is 0 Å². The lowest BCUT2D eigenvalue weighted by Crippen LogP contribution is -2.42. The van der Waals surface area contributed by atoms with E-state index in [9.17, 15) is 9.90 Å². The zero-order chi connectivity index (χ0) is 14.6. The lowest BCUT2D eigenvalue weighted by Gasteiger charge is -2.29. The fraction of sp³-hybridized carbons (Fsp3) is 0.267. The van der Waals surface area contributed by atoms with Gasteiger partial charge in [-0.15, -0.1) is 0 Å². The summed E-state index contributed by atoms with van der Waals surface area (Å²) in [6.45, 7) is 2.13. The highest BCUT2D eigenvalue weighted by Crippen LogP contribution is 2.20. The quantitative estimate of drug-likeness (QED) is 0.751. The minimum atomic E-state index is -1.02. The van der Waals surface area contributed by atoms with Crippen molar-refractivity contribution in [2.45, 2.75) is 19.0 Å². The maximum absolute atomic E-state index is 10.8. The molecule has 1 aromatic heterocycles. The molecular formula is C15H17NO4. The van der Waals surface area contributed by atoms with Crippen molar-refractivity contribution in [1.82, 2.24) is 5.32 Å². The third-order valence-electron chi connectivity index (χ3n) is 3.28. The number of aromatic carboxylic acids is 1. The molecule has 1 unspecified atom stereocenters. The van der Waals surface area contributed by atoms with Crippen molar-refractivity contribution in [3.05, 3.63) is 59.5 Å². The number of furan rings is 1. The highest BCUT2D eigenvalue weighted by atomic mass is 16.4.